The number of nitrogens with one attached hydrogen (secondary N) is 1. The van der Waals surface area contributed by atoms with E-state index in [0.717, 1.165) is 0 Å². The van der Waals surface area contributed by atoms with E-state index in [-0.39, 0.29) is 5.91 Å². The van der Waals surface area contributed by atoms with Crippen molar-refractivity contribution < 1.29 is 9.53 Å². The van der Waals surface area contributed by atoms with Gasteiger partial charge in [-0.3, -0.25) is 4.79 Å². The molecule has 0 unspecified atom stereocenters. The lowest BCUT2D eigenvalue weighted by molar-refractivity contribution is 0.0955. The first kappa shape index (κ1) is 12.6. The Morgan fingerprint density at radius 1 is 1.62 bits per heavy atom. The molecule has 3 N–H and O–H groups in total. The number of anilines is 1. The summed E-state index contributed by atoms with van der Waals surface area (Å²) in [5.41, 5.74) is 6.54. The molecule has 1 amide bonds. The van der Waals surface area contributed by atoms with E-state index in [4.69, 9.17) is 10.5 Å². The molecule has 0 radical (unpaired) electrons. The molecule has 0 atom stereocenters. The number of halogens is 1. The minimum absolute atomic E-state index is 0.246. The Balaban J connectivity index is 2.88. The van der Waals surface area contributed by atoms with Gasteiger partial charge in [0, 0.05) is 16.7 Å². The molecule has 86 valence electrons. The van der Waals surface area contributed by atoms with Gasteiger partial charge in [-0.1, -0.05) is 22.5 Å². The molecule has 0 spiro atoms. The largest absolute Gasteiger partial charge is 0.496 e. The Labute approximate surface area is 103 Å². The van der Waals surface area contributed by atoms with Crippen LogP contribution in [0.4, 0.5) is 5.69 Å². The lowest BCUT2D eigenvalue weighted by Gasteiger charge is -2.09. The number of methoxy groups -OCH3 is 1. The predicted molar refractivity (Wildman–Crippen MR) is 67.8 cm³/mol. The topological polar surface area (TPSA) is 64.4 Å². The summed E-state index contributed by atoms with van der Waals surface area (Å²) in [6.45, 7) is 3.98. The van der Waals surface area contributed by atoms with E-state index in [2.05, 4.69) is 27.8 Å². The summed E-state index contributed by atoms with van der Waals surface area (Å²) in [6, 6.07) is 4.91. The number of carbonyl (C=O) groups excluding carboxylic acids is 1. The standard InChI is InChI=1S/C11H13BrN2O2/c1-7(12)6-14-11(15)9-5-8(13)3-4-10(9)16-2/h3-5H,1,6,13H2,2H3,(H,14,15). The fourth-order valence-electron chi connectivity index (χ4n) is 1.17. The molecule has 1 aromatic rings. The summed E-state index contributed by atoms with van der Waals surface area (Å²) >= 11 is 3.16. The second kappa shape index (κ2) is 5.55. The third-order valence-corrected chi connectivity index (χ3v) is 2.19. The number of carbonyl (C=O) groups is 1. The van der Waals surface area contributed by atoms with Crippen molar-refractivity contribution in [3.63, 3.8) is 0 Å². The zero-order valence-electron chi connectivity index (χ0n) is 8.92. The third kappa shape index (κ3) is 3.27. The molecule has 0 bridgehead atoms. The van der Waals surface area contributed by atoms with Gasteiger partial charge < -0.3 is 15.8 Å². The summed E-state index contributed by atoms with van der Waals surface area (Å²) in [4.78, 5) is 11.8. The molecule has 5 heteroatoms. The maximum Gasteiger partial charge on any atom is 0.255 e. The minimum Gasteiger partial charge on any atom is -0.496 e. The van der Waals surface area contributed by atoms with Gasteiger partial charge in [-0.25, -0.2) is 0 Å². The van der Waals surface area contributed by atoms with Crippen LogP contribution >= 0.6 is 15.9 Å². The number of nitrogen functional groups attached to an aromatic ring is 1. The maximum atomic E-state index is 11.8. The van der Waals surface area contributed by atoms with Gasteiger partial charge in [0.25, 0.3) is 5.91 Å². The van der Waals surface area contributed by atoms with Gasteiger partial charge in [0.15, 0.2) is 0 Å². The minimum atomic E-state index is -0.246. The monoisotopic (exact) mass is 284 g/mol. The summed E-state index contributed by atoms with van der Waals surface area (Å²) in [5, 5.41) is 2.68. The Bertz CT molecular complexity index is 418. The molecule has 0 aliphatic heterocycles. The van der Waals surface area contributed by atoms with Crippen molar-refractivity contribution in [2.45, 2.75) is 0 Å². The van der Waals surface area contributed by atoms with Gasteiger partial charge in [-0.2, -0.15) is 0 Å². The molecule has 0 saturated carbocycles. The molecule has 0 aromatic heterocycles. The van der Waals surface area contributed by atoms with Crippen molar-refractivity contribution in [2.75, 3.05) is 19.4 Å². The van der Waals surface area contributed by atoms with Crippen LogP contribution in [-0.2, 0) is 0 Å². The van der Waals surface area contributed by atoms with Crippen LogP contribution in [0.25, 0.3) is 0 Å². The molecule has 4 nitrogen and oxygen atoms in total. The number of ether oxygens (including phenoxy) is 1. The van der Waals surface area contributed by atoms with Gasteiger partial charge >= 0.3 is 0 Å². The Morgan fingerprint density at radius 2 is 2.31 bits per heavy atom. The van der Waals surface area contributed by atoms with Gasteiger partial charge in [0.05, 0.1) is 12.7 Å². The molecule has 0 fully saturated rings. The molecule has 1 aromatic carbocycles. The number of nitrogens with two attached hydrogens (primary N) is 1. The van der Waals surface area contributed by atoms with Gasteiger partial charge in [-0.05, 0) is 18.2 Å². The highest BCUT2D eigenvalue weighted by Gasteiger charge is 2.11. The summed E-state index contributed by atoms with van der Waals surface area (Å²) in [7, 11) is 1.51. The molecule has 0 saturated heterocycles. The summed E-state index contributed by atoms with van der Waals surface area (Å²) in [5.74, 6) is 0.247. The summed E-state index contributed by atoms with van der Waals surface area (Å²) < 4.78 is 5.78. The van der Waals surface area contributed by atoms with Crippen LogP contribution < -0.4 is 15.8 Å². The summed E-state index contributed by atoms with van der Waals surface area (Å²) in [6.07, 6.45) is 0. The highest BCUT2D eigenvalue weighted by Crippen LogP contribution is 2.20. The van der Waals surface area contributed by atoms with Crippen molar-refractivity contribution in [1.29, 1.82) is 0 Å². The van der Waals surface area contributed by atoms with Crippen LogP contribution in [0.15, 0.2) is 29.3 Å². The van der Waals surface area contributed by atoms with E-state index >= 15 is 0 Å². The van der Waals surface area contributed by atoms with Gasteiger partial charge in [-0.15, -0.1) is 0 Å². The van der Waals surface area contributed by atoms with Gasteiger partial charge in [0.1, 0.15) is 5.75 Å². The first-order valence-corrected chi connectivity index (χ1v) is 5.39. The number of rotatable bonds is 4. The fraction of sp³-hybridized carbons (Fsp3) is 0.182. The average molecular weight is 285 g/mol. The number of benzene rings is 1. The quantitative estimate of drug-likeness (QED) is 0.831. The van der Waals surface area contributed by atoms with Crippen molar-refractivity contribution in [2.24, 2.45) is 0 Å². The lowest BCUT2D eigenvalue weighted by Crippen LogP contribution is -2.25. The van der Waals surface area contributed by atoms with Crippen molar-refractivity contribution in [3.05, 3.63) is 34.8 Å². The second-order valence-corrected chi connectivity index (χ2v) is 4.28. The van der Waals surface area contributed by atoms with Crippen LogP contribution in [-0.4, -0.2) is 19.6 Å². The van der Waals surface area contributed by atoms with E-state index in [1.54, 1.807) is 18.2 Å². The first-order valence-electron chi connectivity index (χ1n) is 4.59. The Hall–Kier alpha value is -1.49. The van der Waals surface area contributed by atoms with Crippen LogP contribution in [0.2, 0.25) is 0 Å². The van der Waals surface area contributed by atoms with E-state index in [1.807, 2.05) is 0 Å². The highest BCUT2D eigenvalue weighted by molar-refractivity contribution is 9.11. The molecule has 16 heavy (non-hydrogen) atoms. The Morgan fingerprint density at radius 3 is 2.88 bits per heavy atom. The SMILES string of the molecule is C=C(Br)CNC(=O)c1cc(N)ccc1OC. The maximum absolute atomic E-state index is 11.8. The average Bonchev–Trinajstić information content (AvgIpc) is 2.25. The van der Waals surface area contributed by atoms with E-state index in [9.17, 15) is 4.79 Å². The zero-order valence-corrected chi connectivity index (χ0v) is 10.5. The zero-order chi connectivity index (χ0) is 12.1. The number of hydrogen-bond acceptors (Lipinski definition) is 3. The molecule has 0 aliphatic rings. The first-order chi connectivity index (χ1) is 7.54. The Kier molecular flexibility index (Phi) is 4.37. The smallest absolute Gasteiger partial charge is 0.255 e. The van der Waals surface area contributed by atoms with E-state index in [1.165, 1.54) is 7.11 Å². The van der Waals surface area contributed by atoms with Crippen LogP contribution in [0.5, 0.6) is 5.75 Å². The molecular formula is C11H13BrN2O2. The predicted octanol–water partition coefficient (Wildman–Crippen LogP) is 1.92. The second-order valence-electron chi connectivity index (χ2n) is 3.16. The van der Waals surface area contributed by atoms with Crippen LogP contribution in [0, 0.1) is 0 Å². The third-order valence-electron chi connectivity index (χ3n) is 1.91. The lowest BCUT2D eigenvalue weighted by atomic mass is 10.1. The molecule has 1 rings (SSSR count). The normalized spacial score (nSPS) is 9.62. The van der Waals surface area contributed by atoms with E-state index in [0.29, 0.717) is 28.0 Å². The molecule has 0 aliphatic carbocycles. The molecular weight excluding hydrogens is 272 g/mol. The highest BCUT2D eigenvalue weighted by atomic mass is 79.9. The fourth-order valence-corrected chi connectivity index (χ4v) is 1.31. The molecule has 0 heterocycles. The number of amides is 1. The van der Waals surface area contributed by atoms with Crippen LogP contribution in [0.3, 0.4) is 0 Å². The van der Waals surface area contributed by atoms with Gasteiger partial charge in [0.2, 0.25) is 0 Å². The van der Waals surface area contributed by atoms with E-state index < -0.39 is 0 Å². The number of hydrogen-bond donors (Lipinski definition) is 2. The van der Waals surface area contributed by atoms with Crippen molar-refractivity contribution in [3.8, 4) is 5.75 Å². The van der Waals surface area contributed by atoms with Crippen molar-refractivity contribution >= 4 is 27.5 Å². The van der Waals surface area contributed by atoms with Crippen molar-refractivity contribution in [1.82, 2.24) is 5.32 Å². The van der Waals surface area contributed by atoms with Crippen LogP contribution in [0.1, 0.15) is 10.4 Å².